The van der Waals surface area contributed by atoms with E-state index in [0.29, 0.717) is 17.9 Å². The van der Waals surface area contributed by atoms with Gasteiger partial charge in [0.1, 0.15) is 0 Å². The molecule has 0 unspecified atom stereocenters. The van der Waals surface area contributed by atoms with Crippen molar-refractivity contribution in [2.24, 2.45) is 11.3 Å². The first-order valence-electron chi connectivity index (χ1n) is 12.8. The molecule has 2 nitrogen and oxygen atoms in total. The summed E-state index contributed by atoms with van der Waals surface area (Å²) in [5.41, 5.74) is 4.90. The summed E-state index contributed by atoms with van der Waals surface area (Å²) in [4.78, 5) is 0. The zero-order valence-electron chi connectivity index (χ0n) is 19.5. The second kappa shape index (κ2) is 6.58. The molecular weight excluding hydrogens is 390 g/mol. The van der Waals surface area contributed by atoms with E-state index in [1.54, 1.807) is 5.57 Å². The van der Waals surface area contributed by atoms with E-state index in [1.165, 1.54) is 66.9 Å². The minimum atomic E-state index is -0.0439. The van der Waals surface area contributed by atoms with Gasteiger partial charge in [-0.15, -0.1) is 0 Å². The van der Waals surface area contributed by atoms with Crippen molar-refractivity contribution < 1.29 is 4.74 Å². The largest absolute Gasteiger partial charge is 0.359 e. The van der Waals surface area contributed by atoms with Crippen LogP contribution in [0.4, 0.5) is 0 Å². The van der Waals surface area contributed by atoms with E-state index >= 15 is 0 Å². The Morgan fingerprint density at radius 3 is 2.75 bits per heavy atom. The summed E-state index contributed by atoms with van der Waals surface area (Å²) in [6.07, 6.45) is 15.0. The van der Waals surface area contributed by atoms with Gasteiger partial charge in [-0.2, -0.15) is 0 Å². The van der Waals surface area contributed by atoms with Crippen LogP contribution >= 0.6 is 0 Å². The van der Waals surface area contributed by atoms with E-state index in [4.69, 9.17) is 4.74 Å². The van der Waals surface area contributed by atoms with Gasteiger partial charge in [-0.05, 0) is 103 Å². The van der Waals surface area contributed by atoms with Crippen LogP contribution in [0.3, 0.4) is 0 Å². The lowest BCUT2D eigenvalue weighted by atomic mass is 9.58. The van der Waals surface area contributed by atoms with Crippen molar-refractivity contribution in [3.8, 4) is 0 Å². The molecule has 7 rings (SSSR count). The van der Waals surface area contributed by atoms with Gasteiger partial charge in [0.25, 0.3) is 0 Å². The van der Waals surface area contributed by atoms with Gasteiger partial charge < -0.3 is 10.1 Å². The SMILES string of the molecule is CN[C@H]1CCC2=CC3=CC[C@]4(C)[C@@H](c5ccc6ccccc6c5)CC[C@H]4[C@@]34CC[C@]2(C1)O4. The van der Waals surface area contributed by atoms with Gasteiger partial charge in [-0.3, -0.25) is 0 Å². The molecule has 2 spiro atoms. The standard InChI is InChI=1S/C30H35NO/c1-28-14-13-24-18-23-9-10-25(31-2)19-29(23)15-16-30(24,32-29)27(28)12-11-26(28)22-8-7-20-5-3-4-6-21(20)17-22/h3-8,13,17-18,25-27,31H,9-12,14-16,19H2,1-2H3/t25-,26+,27+,28+,29+,30+/m0/s1. The predicted octanol–water partition coefficient (Wildman–Crippen LogP) is 6.67. The third kappa shape index (κ3) is 2.43. The molecule has 1 saturated heterocycles. The van der Waals surface area contributed by atoms with E-state index < -0.39 is 0 Å². The van der Waals surface area contributed by atoms with Gasteiger partial charge in [0, 0.05) is 6.04 Å². The second-order valence-corrected chi connectivity index (χ2v) is 11.5. The first kappa shape index (κ1) is 19.6. The van der Waals surface area contributed by atoms with Crippen LogP contribution in [0, 0.1) is 11.3 Å². The number of hydrogen-bond acceptors (Lipinski definition) is 2. The number of fused-ring (bicyclic) bond motifs is 2. The fraction of sp³-hybridized carbons (Fsp3) is 0.533. The van der Waals surface area contributed by atoms with Crippen molar-refractivity contribution in [3.05, 3.63) is 71.3 Å². The van der Waals surface area contributed by atoms with Gasteiger partial charge in [0.2, 0.25) is 0 Å². The van der Waals surface area contributed by atoms with Crippen LogP contribution in [0.15, 0.2) is 65.8 Å². The Bertz CT molecular complexity index is 1160. The third-order valence-corrected chi connectivity index (χ3v) is 10.3. The average molecular weight is 426 g/mol. The molecule has 6 atom stereocenters. The first-order chi connectivity index (χ1) is 15.6. The van der Waals surface area contributed by atoms with Crippen molar-refractivity contribution in [2.45, 2.75) is 81.5 Å². The Morgan fingerprint density at radius 2 is 1.88 bits per heavy atom. The Labute approximate surface area is 192 Å². The topological polar surface area (TPSA) is 21.3 Å². The molecule has 2 heteroatoms. The van der Waals surface area contributed by atoms with Crippen molar-refractivity contribution in [1.29, 1.82) is 0 Å². The van der Waals surface area contributed by atoms with E-state index in [-0.39, 0.29) is 16.6 Å². The fourth-order valence-corrected chi connectivity index (χ4v) is 8.63. The molecule has 3 aliphatic carbocycles. The highest BCUT2D eigenvalue weighted by molar-refractivity contribution is 5.83. The molecule has 3 fully saturated rings. The number of benzene rings is 2. The Balaban J connectivity index is 1.29. The van der Waals surface area contributed by atoms with Crippen molar-refractivity contribution >= 4 is 10.8 Å². The van der Waals surface area contributed by atoms with E-state index in [9.17, 15) is 0 Å². The summed E-state index contributed by atoms with van der Waals surface area (Å²) in [6, 6.07) is 16.6. The van der Waals surface area contributed by atoms with Gasteiger partial charge in [-0.1, -0.05) is 61.5 Å². The summed E-state index contributed by atoms with van der Waals surface area (Å²) in [5, 5.41) is 6.29. The Kier molecular flexibility index (Phi) is 4.02. The lowest BCUT2D eigenvalue weighted by molar-refractivity contribution is -0.136. The maximum atomic E-state index is 7.37. The van der Waals surface area contributed by atoms with Crippen LogP contribution in [0.5, 0.6) is 0 Å². The maximum Gasteiger partial charge on any atom is 0.0974 e. The molecule has 166 valence electrons. The van der Waals surface area contributed by atoms with Crippen molar-refractivity contribution in [1.82, 2.24) is 5.32 Å². The number of nitrogens with one attached hydrogen (secondary N) is 1. The minimum absolute atomic E-state index is 0.00253. The van der Waals surface area contributed by atoms with Gasteiger partial charge in [0.05, 0.1) is 11.2 Å². The third-order valence-electron chi connectivity index (χ3n) is 10.3. The highest BCUT2D eigenvalue weighted by atomic mass is 16.5. The van der Waals surface area contributed by atoms with Crippen LogP contribution in [0.2, 0.25) is 0 Å². The van der Waals surface area contributed by atoms with Gasteiger partial charge in [-0.25, -0.2) is 0 Å². The number of hydrogen-bond donors (Lipinski definition) is 1. The lowest BCUT2D eigenvalue weighted by Gasteiger charge is -2.54. The highest BCUT2D eigenvalue weighted by Crippen LogP contribution is 2.69. The Hall–Kier alpha value is -1.90. The highest BCUT2D eigenvalue weighted by Gasteiger charge is 2.66. The smallest absolute Gasteiger partial charge is 0.0974 e. The zero-order chi connectivity index (χ0) is 21.6. The minimum Gasteiger partial charge on any atom is -0.359 e. The van der Waals surface area contributed by atoms with Crippen LogP contribution in [-0.4, -0.2) is 24.3 Å². The molecule has 0 aromatic heterocycles. The molecular formula is C30H35NO. The molecule has 0 amide bonds. The monoisotopic (exact) mass is 425 g/mol. The van der Waals surface area contributed by atoms with Crippen molar-refractivity contribution in [2.75, 3.05) is 7.05 Å². The summed E-state index contributed by atoms with van der Waals surface area (Å²) >= 11 is 0. The number of rotatable bonds is 2. The molecule has 5 aliphatic rings. The maximum absolute atomic E-state index is 7.37. The molecule has 2 aromatic rings. The van der Waals surface area contributed by atoms with Gasteiger partial charge >= 0.3 is 0 Å². The zero-order valence-corrected chi connectivity index (χ0v) is 19.5. The fourth-order valence-electron chi connectivity index (χ4n) is 8.63. The average Bonchev–Trinajstić information content (AvgIpc) is 3.33. The summed E-state index contributed by atoms with van der Waals surface area (Å²) in [5.74, 6) is 1.24. The molecule has 2 bridgehead atoms. The molecule has 1 N–H and O–H groups in total. The summed E-state index contributed by atoms with van der Waals surface area (Å²) in [6.45, 7) is 2.58. The van der Waals surface area contributed by atoms with Gasteiger partial charge in [0.15, 0.2) is 0 Å². The summed E-state index contributed by atoms with van der Waals surface area (Å²) in [7, 11) is 2.12. The molecule has 2 aromatic carbocycles. The Morgan fingerprint density at radius 1 is 1.00 bits per heavy atom. The predicted molar refractivity (Wildman–Crippen MR) is 131 cm³/mol. The number of ether oxygens (including phenoxy) is 1. The molecule has 32 heavy (non-hydrogen) atoms. The normalized spacial score (nSPS) is 42.1. The van der Waals surface area contributed by atoms with Crippen LogP contribution in [-0.2, 0) is 4.74 Å². The molecule has 2 aliphatic heterocycles. The van der Waals surface area contributed by atoms with Crippen molar-refractivity contribution in [3.63, 3.8) is 0 Å². The molecule has 2 saturated carbocycles. The molecule has 2 heterocycles. The van der Waals surface area contributed by atoms with E-state index in [0.717, 1.165) is 6.42 Å². The lowest BCUT2D eigenvalue weighted by Crippen LogP contribution is -2.54. The van der Waals surface area contributed by atoms with Crippen LogP contribution in [0.1, 0.15) is 69.8 Å². The van der Waals surface area contributed by atoms with E-state index in [2.05, 4.69) is 73.9 Å². The van der Waals surface area contributed by atoms with Crippen LogP contribution in [0.25, 0.3) is 10.8 Å². The van der Waals surface area contributed by atoms with Crippen LogP contribution < -0.4 is 5.32 Å². The summed E-state index contributed by atoms with van der Waals surface area (Å²) < 4.78 is 7.37. The second-order valence-electron chi connectivity index (χ2n) is 11.5. The number of allylic oxidation sites excluding steroid dienone is 1. The first-order valence-corrected chi connectivity index (χ1v) is 12.8. The van der Waals surface area contributed by atoms with E-state index in [1.807, 2.05) is 0 Å². The molecule has 0 radical (unpaired) electrons. The quantitative estimate of drug-likeness (QED) is 0.580.